The van der Waals surface area contributed by atoms with Crippen molar-refractivity contribution < 1.29 is 0 Å². The van der Waals surface area contributed by atoms with Crippen molar-refractivity contribution in [1.82, 2.24) is 9.78 Å². The average Bonchev–Trinajstić information content (AvgIpc) is 2.48. The summed E-state index contributed by atoms with van der Waals surface area (Å²) < 4.78 is 3.15. The molecule has 0 spiro atoms. The lowest BCUT2D eigenvalue weighted by molar-refractivity contribution is 0.317. The molecule has 0 atom stereocenters. The first kappa shape index (κ1) is 11.0. The molecule has 13 heavy (non-hydrogen) atoms. The molecule has 1 aromatic heterocycles. The van der Waals surface area contributed by atoms with Crippen LogP contribution in [0.2, 0.25) is 0 Å². The summed E-state index contributed by atoms with van der Waals surface area (Å²) in [6.07, 6.45) is 4.99. The van der Waals surface area contributed by atoms with Gasteiger partial charge in [-0.1, -0.05) is 13.8 Å². The summed E-state index contributed by atoms with van der Waals surface area (Å²) in [4.78, 5) is 0. The van der Waals surface area contributed by atoms with Gasteiger partial charge < -0.3 is 5.73 Å². The van der Waals surface area contributed by atoms with Gasteiger partial charge in [0.15, 0.2) is 0 Å². The normalized spacial score (nSPS) is 12.0. The van der Waals surface area contributed by atoms with Gasteiger partial charge in [0.2, 0.25) is 0 Å². The molecule has 1 heterocycles. The number of aromatic nitrogens is 2. The maximum absolute atomic E-state index is 5.64. The first-order valence-corrected chi connectivity index (χ1v) is 5.49. The molecule has 0 radical (unpaired) electrons. The van der Waals surface area contributed by atoms with E-state index in [1.165, 1.54) is 3.57 Å². The minimum absolute atomic E-state index is 0.220. The van der Waals surface area contributed by atoms with Gasteiger partial charge in [0.05, 0.1) is 9.77 Å². The summed E-state index contributed by atoms with van der Waals surface area (Å²) in [5, 5.41) is 4.22. The van der Waals surface area contributed by atoms with E-state index in [9.17, 15) is 0 Å². The van der Waals surface area contributed by atoms with Crippen LogP contribution in [0, 0.1) is 8.99 Å². The maximum atomic E-state index is 5.64. The monoisotopic (exact) mass is 293 g/mol. The number of nitrogens with two attached hydrogens (primary N) is 1. The summed E-state index contributed by atoms with van der Waals surface area (Å²) in [6.45, 7) is 6.04. The number of rotatable bonds is 4. The summed E-state index contributed by atoms with van der Waals surface area (Å²) in [5.74, 6) is 0. The molecule has 0 fully saturated rings. The van der Waals surface area contributed by atoms with Crippen LogP contribution in [0.15, 0.2) is 12.4 Å². The first-order chi connectivity index (χ1) is 6.03. The summed E-state index contributed by atoms with van der Waals surface area (Å²) >= 11 is 2.26. The number of hydrogen-bond donors (Lipinski definition) is 1. The highest BCUT2D eigenvalue weighted by atomic mass is 127. The molecule has 0 aliphatic heterocycles. The van der Waals surface area contributed by atoms with Gasteiger partial charge in [0, 0.05) is 12.7 Å². The Morgan fingerprint density at radius 1 is 1.62 bits per heavy atom. The van der Waals surface area contributed by atoms with Gasteiger partial charge in [-0.3, -0.25) is 4.68 Å². The number of hydrogen-bond acceptors (Lipinski definition) is 2. The Bertz CT molecular complexity index is 268. The van der Waals surface area contributed by atoms with Gasteiger partial charge in [0.1, 0.15) is 0 Å². The lowest BCUT2D eigenvalue weighted by atomic mass is 9.90. The van der Waals surface area contributed by atoms with E-state index >= 15 is 0 Å². The van der Waals surface area contributed by atoms with Crippen molar-refractivity contribution in [3.05, 3.63) is 16.0 Å². The molecule has 0 amide bonds. The van der Waals surface area contributed by atoms with Crippen molar-refractivity contribution in [2.75, 3.05) is 6.54 Å². The lowest BCUT2D eigenvalue weighted by Gasteiger charge is -2.21. The highest BCUT2D eigenvalue weighted by Crippen LogP contribution is 2.18. The van der Waals surface area contributed by atoms with Crippen molar-refractivity contribution in [1.29, 1.82) is 0 Å². The molecular weight excluding hydrogens is 277 g/mol. The van der Waals surface area contributed by atoms with Crippen LogP contribution in [0.4, 0.5) is 0 Å². The summed E-state index contributed by atoms with van der Waals surface area (Å²) in [6, 6.07) is 0. The van der Waals surface area contributed by atoms with E-state index in [-0.39, 0.29) is 5.41 Å². The lowest BCUT2D eigenvalue weighted by Crippen LogP contribution is -2.25. The largest absolute Gasteiger partial charge is 0.330 e. The Kier molecular flexibility index (Phi) is 3.73. The summed E-state index contributed by atoms with van der Waals surface area (Å²) in [5.41, 5.74) is 5.86. The molecule has 1 aromatic rings. The van der Waals surface area contributed by atoms with E-state index in [1.807, 2.05) is 17.1 Å². The SMILES string of the molecule is CC(C)(CN)CCn1cc(I)cn1. The van der Waals surface area contributed by atoms with Crippen LogP contribution in [-0.2, 0) is 6.54 Å². The second-order valence-electron chi connectivity index (χ2n) is 4.04. The van der Waals surface area contributed by atoms with Crippen LogP contribution >= 0.6 is 22.6 Å². The van der Waals surface area contributed by atoms with Gasteiger partial charge in [-0.05, 0) is 41.0 Å². The quantitative estimate of drug-likeness (QED) is 0.861. The van der Waals surface area contributed by atoms with Gasteiger partial charge in [-0.2, -0.15) is 5.10 Å². The highest BCUT2D eigenvalue weighted by molar-refractivity contribution is 14.1. The molecule has 0 bridgehead atoms. The van der Waals surface area contributed by atoms with Gasteiger partial charge >= 0.3 is 0 Å². The second-order valence-corrected chi connectivity index (χ2v) is 5.29. The van der Waals surface area contributed by atoms with Crippen LogP contribution in [-0.4, -0.2) is 16.3 Å². The third kappa shape index (κ3) is 3.64. The van der Waals surface area contributed by atoms with Crippen LogP contribution in [0.3, 0.4) is 0 Å². The van der Waals surface area contributed by atoms with Crippen molar-refractivity contribution >= 4 is 22.6 Å². The number of nitrogens with zero attached hydrogens (tertiary/aromatic N) is 2. The standard InChI is InChI=1S/C9H16IN3/c1-9(2,7-11)3-4-13-6-8(10)5-12-13/h5-6H,3-4,7,11H2,1-2H3. The molecule has 3 nitrogen and oxygen atoms in total. The molecule has 0 aliphatic carbocycles. The molecule has 0 aliphatic rings. The Balaban J connectivity index is 2.43. The van der Waals surface area contributed by atoms with Crippen LogP contribution in [0.25, 0.3) is 0 Å². The zero-order valence-electron chi connectivity index (χ0n) is 8.13. The maximum Gasteiger partial charge on any atom is 0.0623 e. The Morgan fingerprint density at radius 3 is 2.77 bits per heavy atom. The number of aryl methyl sites for hydroxylation is 1. The fourth-order valence-electron chi connectivity index (χ4n) is 0.980. The zero-order valence-corrected chi connectivity index (χ0v) is 10.3. The van der Waals surface area contributed by atoms with Crippen molar-refractivity contribution in [3.8, 4) is 0 Å². The minimum atomic E-state index is 0.220. The Hall–Kier alpha value is -0.100. The van der Waals surface area contributed by atoms with Crippen LogP contribution in [0.5, 0.6) is 0 Å². The highest BCUT2D eigenvalue weighted by Gasteiger charge is 2.15. The Labute approximate surface area is 92.8 Å². The van der Waals surface area contributed by atoms with E-state index in [2.05, 4.69) is 41.5 Å². The van der Waals surface area contributed by atoms with E-state index in [0.717, 1.165) is 19.5 Å². The predicted molar refractivity (Wildman–Crippen MR) is 62.4 cm³/mol. The van der Waals surface area contributed by atoms with Crippen molar-refractivity contribution in [3.63, 3.8) is 0 Å². The van der Waals surface area contributed by atoms with Crippen LogP contribution < -0.4 is 5.73 Å². The fraction of sp³-hybridized carbons (Fsp3) is 0.667. The minimum Gasteiger partial charge on any atom is -0.330 e. The third-order valence-electron chi connectivity index (χ3n) is 2.17. The summed E-state index contributed by atoms with van der Waals surface area (Å²) in [7, 11) is 0. The van der Waals surface area contributed by atoms with E-state index in [4.69, 9.17) is 5.73 Å². The second kappa shape index (κ2) is 4.41. The number of halogens is 1. The third-order valence-corrected chi connectivity index (χ3v) is 2.73. The first-order valence-electron chi connectivity index (χ1n) is 4.41. The van der Waals surface area contributed by atoms with E-state index < -0.39 is 0 Å². The van der Waals surface area contributed by atoms with Crippen molar-refractivity contribution in [2.45, 2.75) is 26.8 Å². The molecule has 0 saturated heterocycles. The molecule has 0 aromatic carbocycles. The molecule has 4 heteroatoms. The van der Waals surface area contributed by atoms with Crippen LogP contribution in [0.1, 0.15) is 20.3 Å². The fourth-order valence-corrected chi connectivity index (χ4v) is 1.43. The molecule has 1 rings (SSSR count). The van der Waals surface area contributed by atoms with E-state index in [0.29, 0.717) is 0 Å². The predicted octanol–water partition coefficient (Wildman–Crippen LogP) is 1.86. The van der Waals surface area contributed by atoms with E-state index in [1.54, 1.807) is 0 Å². The molecule has 2 N–H and O–H groups in total. The Morgan fingerprint density at radius 2 is 2.31 bits per heavy atom. The molecule has 0 unspecified atom stereocenters. The van der Waals surface area contributed by atoms with Gasteiger partial charge in [-0.15, -0.1) is 0 Å². The van der Waals surface area contributed by atoms with Gasteiger partial charge in [-0.25, -0.2) is 0 Å². The topological polar surface area (TPSA) is 43.8 Å². The molecule has 74 valence electrons. The van der Waals surface area contributed by atoms with Crippen molar-refractivity contribution in [2.24, 2.45) is 11.1 Å². The van der Waals surface area contributed by atoms with Gasteiger partial charge in [0.25, 0.3) is 0 Å². The zero-order chi connectivity index (χ0) is 9.90. The average molecular weight is 293 g/mol. The molecular formula is C9H16IN3. The smallest absolute Gasteiger partial charge is 0.0623 e. The molecule has 0 saturated carbocycles.